The first kappa shape index (κ1) is 14.0. The zero-order valence-electron chi connectivity index (χ0n) is 8.89. The Morgan fingerprint density at radius 2 is 2.11 bits per heavy atom. The molecule has 0 saturated heterocycles. The summed E-state index contributed by atoms with van der Waals surface area (Å²) in [5, 5.41) is 19.4. The molecule has 0 spiro atoms. The minimum atomic E-state index is -5.01. The summed E-state index contributed by atoms with van der Waals surface area (Å²) in [6.45, 7) is -0.948. The number of aromatic nitrogens is 1. The van der Waals surface area contributed by atoms with E-state index < -0.39 is 40.9 Å². The van der Waals surface area contributed by atoms with E-state index in [0.717, 1.165) is 7.11 Å². The lowest BCUT2D eigenvalue weighted by Gasteiger charge is -2.10. The monoisotopic (exact) mass is 268 g/mol. The number of aliphatic hydroxyl groups excluding tert-OH is 1. The average Bonchev–Trinajstić information content (AvgIpc) is 2.25. The number of aliphatic hydroxyl groups is 1. The van der Waals surface area contributed by atoms with Crippen molar-refractivity contribution in [2.24, 2.45) is 0 Å². The second-order valence-electron chi connectivity index (χ2n) is 2.92. The molecule has 1 aromatic heterocycles. The molecule has 0 amide bonds. The Bertz CT molecular complexity index is 463. The van der Waals surface area contributed by atoms with E-state index in [4.69, 9.17) is 5.11 Å². The molecule has 0 radical (unpaired) electrons. The van der Waals surface area contributed by atoms with E-state index in [1.165, 1.54) is 0 Å². The highest BCUT2D eigenvalue weighted by molar-refractivity contribution is 5.47. The molecule has 1 heterocycles. The van der Waals surface area contributed by atoms with Crippen LogP contribution in [0, 0.1) is 10.1 Å². The second kappa shape index (κ2) is 5.04. The SMILES string of the molecule is COc1cc(OC(F)(F)F)c(CO)nc1[N+](=O)[O-]. The fourth-order valence-corrected chi connectivity index (χ4v) is 1.11. The van der Waals surface area contributed by atoms with Gasteiger partial charge in [0.25, 0.3) is 0 Å². The number of hydrogen-bond donors (Lipinski definition) is 1. The summed E-state index contributed by atoms with van der Waals surface area (Å²) in [5.74, 6) is -2.17. The number of alkyl halides is 3. The van der Waals surface area contributed by atoms with Gasteiger partial charge in [-0.15, -0.1) is 13.2 Å². The maximum absolute atomic E-state index is 12.0. The molecule has 0 atom stereocenters. The zero-order valence-corrected chi connectivity index (χ0v) is 8.89. The van der Waals surface area contributed by atoms with Crippen LogP contribution in [-0.2, 0) is 6.61 Å². The summed E-state index contributed by atoms with van der Waals surface area (Å²) in [6, 6.07) is 0.643. The lowest BCUT2D eigenvalue weighted by Crippen LogP contribution is -2.19. The van der Waals surface area contributed by atoms with Crippen molar-refractivity contribution in [1.82, 2.24) is 4.98 Å². The summed E-state index contributed by atoms with van der Waals surface area (Å²) < 4.78 is 44.2. The molecule has 0 unspecified atom stereocenters. The lowest BCUT2D eigenvalue weighted by atomic mass is 10.3. The van der Waals surface area contributed by atoms with Gasteiger partial charge in [-0.1, -0.05) is 0 Å². The number of rotatable bonds is 4. The predicted octanol–water partition coefficient (Wildman–Crippen LogP) is 1.39. The van der Waals surface area contributed by atoms with Gasteiger partial charge in [-0.25, -0.2) is 0 Å². The quantitative estimate of drug-likeness (QED) is 0.655. The van der Waals surface area contributed by atoms with Gasteiger partial charge >= 0.3 is 12.2 Å². The van der Waals surface area contributed by atoms with Gasteiger partial charge in [0.15, 0.2) is 5.75 Å². The summed E-state index contributed by atoms with van der Waals surface area (Å²) in [6.07, 6.45) is -5.01. The third-order valence-corrected chi connectivity index (χ3v) is 1.78. The van der Waals surface area contributed by atoms with Crippen LogP contribution in [0.25, 0.3) is 0 Å². The fraction of sp³-hybridized carbons (Fsp3) is 0.375. The first-order valence-electron chi connectivity index (χ1n) is 4.37. The minimum Gasteiger partial charge on any atom is -0.489 e. The Hall–Kier alpha value is -2.10. The fourth-order valence-electron chi connectivity index (χ4n) is 1.11. The average molecular weight is 268 g/mol. The molecule has 100 valence electrons. The molecule has 1 rings (SSSR count). The number of ether oxygens (including phenoxy) is 2. The van der Waals surface area contributed by atoms with Crippen LogP contribution >= 0.6 is 0 Å². The summed E-state index contributed by atoms with van der Waals surface area (Å²) in [4.78, 5) is 12.9. The molecular formula is C8H7F3N2O5. The third kappa shape index (κ3) is 3.20. The molecule has 18 heavy (non-hydrogen) atoms. The van der Waals surface area contributed by atoms with Gasteiger partial charge in [0, 0.05) is 6.07 Å². The molecule has 10 heteroatoms. The number of halogens is 3. The summed E-state index contributed by atoms with van der Waals surface area (Å²) in [5.41, 5.74) is -0.611. The largest absolute Gasteiger partial charge is 0.573 e. The van der Waals surface area contributed by atoms with Crippen LogP contribution < -0.4 is 9.47 Å². The van der Waals surface area contributed by atoms with Crippen LogP contribution in [0.1, 0.15) is 5.69 Å². The molecule has 0 aromatic carbocycles. The Kier molecular flexibility index (Phi) is 3.91. The van der Waals surface area contributed by atoms with E-state index >= 15 is 0 Å². The number of nitro groups is 1. The Balaban J connectivity index is 3.30. The highest BCUT2D eigenvalue weighted by Crippen LogP contribution is 2.34. The first-order valence-corrected chi connectivity index (χ1v) is 4.37. The zero-order chi connectivity index (χ0) is 13.9. The van der Waals surface area contributed by atoms with E-state index in [-0.39, 0.29) is 0 Å². The Labute approximate surface area is 97.9 Å². The molecule has 0 aliphatic rings. The summed E-state index contributed by atoms with van der Waals surface area (Å²) in [7, 11) is 1.03. The Morgan fingerprint density at radius 3 is 2.50 bits per heavy atom. The van der Waals surface area contributed by atoms with Gasteiger partial charge < -0.3 is 24.7 Å². The van der Waals surface area contributed by atoms with Gasteiger partial charge in [0.05, 0.1) is 7.11 Å². The number of nitrogens with zero attached hydrogens (tertiary/aromatic N) is 2. The highest BCUT2D eigenvalue weighted by Gasteiger charge is 2.35. The van der Waals surface area contributed by atoms with Crippen LogP contribution in [0.5, 0.6) is 11.5 Å². The molecular weight excluding hydrogens is 261 g/mol. The van der Waals surface area contributed by atoms with Crippen molar-refractivity contribution in [2.45, 2.75) is 13.0 Å². The molecule has 1 N–H and O–H groups in total. The van der Waals surface area contributed by atoms with Crippen LogP contribution in [0.2, 0.25) is 0 Å². The van der Waals surface area contributed by atoms with Gasteiger partial charge in [-0.2, -0.15) is 0 Å². The van der Waals surface area contributed by atoms with Crippen molar-refractivity contribution < 1.29 is 32.7 Å². The van der Waals surface area contributed by atoms with Crippen molar-refractivity contribution in [3.63, 3.8) is 0 Å². The third-order valence-electron chi connectivity index (χ3n) is 1.78. The maximum Gasteiger partial charge on any atom is 0.573 e. The highest BCUT2D eigenvalue weighted by atomic mass is 19.4. The van der Waals surface area contributed by atoms with Crippen molar-refractivity contribution in [2.75, 3.05) is 7.11 Å². The van der Waals surface area contributed by atoms with E-state index in [9.17, 15) is 23.3 Å². The smallest absolute Gasteiger partial charge is 0.489 e. The minimum absolute atomic E-state index is 0.503. The Morgan fingerprint density at radius 1 is 1.50 bits per heavy atom. The molecule has 7 nitrogen and oxygen atoms in total. The number of methoxy groups -OCH3 is 1. The molecule has 0 saturated carbocycles. The topological polar surface area (TPSA) is 94.7 Å². The van der Waals surface area contributed by atoms with Crippen LogP contribution in [0.3, 0.4) is 0 Å². The second-order valence-corrected chi connectivity index (χ2v) is 2.92. The van der Waals surface area contributed by atoms with E-state index in [1.54, 1.807) is 0 Å². The van der Waals surface area contributed by atoms with E-state index in [2.05, 4.69) is 14.5 Å². The van der Waals surface area contributed by atoms with Gasteiger partial charge in [0.1, 0.15) is 6.61 Å². The number of hydrogen-bond acceptors (Lipinski definition) is 6. The van der Waals surface area contributed by atoms with Gasteiger partial charge in [0.2, 0.25) is 11.4 Å². The molecule has 1 aromatic rings. The number of pyridine rings is 1. The predicted molar refractivity (Wildman–Crippen MR) is 50.0 cm³/mol. The standard InChI is InChI=1S/C8H7F3N2O5/c1-17-6-2-5(18-8(9,10)11)4(3-14)12-7(6)13(15)16/h2,14H,3H2,1H3. The van der Waals surface area contributed by atoms with Crippen LogP contribution in [-0.4, -0.2) is 28.5 Å². The molecule has 0 aliphatic carbocycles. The van der Waals surface area contributed by atoms with Gasteiger partial charge in [-0.3, -0.25) is 0 Å². The molecule has 0 bridgehead atoms. The van der Waals surface area contributed by atoms with Crippen LogP contribution in [0.4, 0.5) is 19.0 Å². The summed E-state index contributed by atoms with van der Waals surface area (Å²) >= 11 is 0. The maximum atomic E-state index is 12.0. The van der Waals surface area contributed by atoms with Crippen molar-refractivity contribution in [3.05, 3.63) is 21.9 Å². The molecule has 0 fully saturated rings. The first-order chi connectivity index (χ1) is 8.28. The van der Waals surface area contributed by atoms with Crippen molar-refractivity contribution in [3.8, 4) is 11.5 Å². The van der Waals surface area contributed by atoms with Crippen molar-refractivity contribution >= 4 is 5.82 Å². The molecule has 0 aliphatic heterocycles. The van der Waals surface area contributed by atoms with E-state index in [0.29, 0.717) is 6.07 Å². The van der Waals surface area contributed by atoms with Crippen molar-refractivity contribution in [1.29, 1.82) is 0 Å². The van der Waals surface area contributed by atoms with Gasteiger partial charge in [-0.05, 0) is 9.91 Å². The van der Waals surface area contributed by atoms with Crippen LogP contribution in [0.15, 0.2) is 6.07 Å². The van der Waals surface area contributed by atoms with E-state index in [1.807, 2.05) is 0 Å². The lowest BCUT2D eigenvalue weighted by molar-refractivity contribution is -0.390. The normalized spacial score (nSPS) is 11.2.